The van der Waals surface area contributed by atoms with E-state index in [0.717, 1.165) is 0 Å². The number of fused-ring (bicyclic) bond motifs is 1. The van der Waals surface area contributed by atoms with Gasteiger partial charge in [-0.1, -0.05) is 30.0 Å². The van der Waals surface area contributed by atoms with E-state index in [1.165, 1.54) is 23.9 Å². The summed E-state index contributed by atoms with van der Waals surface area (Å²) < 4.78 is 24.4. The van der Waals surface area contributed by atoms with Crippen LogP contribution in [0.4, 0.5) is 11.4 Å². The number of hydrogen-bond donors (Lipinski definition) is 0. The Morgan fingerprint density at radius 2 is 2.24 bits per heavy atom. The SMILES string of the molecule is CC12CS(=O)(=O)CC1SC(=S)N2c1cccc([N+](=O)[O-])c1. The number of thiocarbonyl (C=S) groups is 1. The Kier molecular flexibility index (Phi) is 3.26. The molecular formula is C12H12N2O4S3. The zero-order valence-electron chi connectivity index (χ0n) is 11.1. The summed E-state index contributed by atoms with van der Waals surface area (Å²) >= 11 is 6.72. The van der Waals surface area contributed by atoms with Gasteiger partial charge in [0.1, 0.15) is 4.32 Å². The van der Waals surface area contributed by atoms with E-state index in [2.05, 4.69) is 0 Å². The highest BCUT2D eigenvalue weighted by molar-refractivity contribution is 8.24. The molecule has 0 aliphatic carbocycles. The van der Waals surface area contributed by atoms with Crippen molar-refractivity contribution in [1.29, 1.82) is 0 Å². The number of nitrogens with zero attached hydrogens (tertiary/aromatic N) is 2. The smallest absolute Gasteiger partial charge is 0.271 e. The molecule has 9 heteroatoms. The van der Waals surface area contributed by atoms with Gasteiger partial charge in [0.15, 0.2) is 9.84 Å². The van der Waals surface area contributed by atoms with Gasteiger partial charge in [-0.15, -0.1) is 0 Å². The molecule has 2 fully saturated rings. The van der Waals surface area contributed by atoms with Crippen LogP contribution in [0.25, 0.3) is 0 Å². The first-order valence-electron chi connectivity index (χ1n) is 6.19. The van der Waals surface area contributed by atoms with E-state index in [0.29, 0.717) is 10.0 Å². The maximum absolute atomic E-state index is 11.9. The molecule has 2 heterocycles. The summed E-state index contributed by atoms with van der Waals surface area (Å²) in [4.78, 5) is 12.2. The van der Waals surface area contributed by atoms with E-state index in [4.69, 9.17) is 12.2 Å². The molecule has 2 unspecified atom stereocenters. The first-order valence-corrected chi connectivity index (χ1v) is 9.30. The molecule has 0 spiro atoms. The molecule has 0 amide bonds. The molecule has 3 rings (SSSR count). The van der Waals surface area contributed by atoms with Crippen molar-refractivity contribution in [2.75, 3.05) is 16.4 Å². The van der Waals surface area contributed by atoms with Crippen LogP contribution in [0.3, 0.4) is 0 Å². The molecule has 1 aromatic rings. The second kappa shape index (κ2) is 4.65. The summed E-state index contributed by atoms with van der Waals surface area (Å²) in [6.45, 7) is 1.85. The van der Waals surface area contributed by atoms with Crippen molar-refractivity contribution >= 4 is 49.5 Å². The van der Waals surface area contributed by atoms with Gasteiger partial charge in [-0.2, -0.15) is 0 Å². The lowest BCUT2D eigenvalue weighted by Crippen LogP contribution is -2.49. The van der Waals surface area contributed by atoms with Crippen molar-refractivity contribution in [3.05, 3.63) is 34.4 Å². The number of thioether (sulfide) groups is 1. The molecule has 0 N–H and O–H groups in total. The van der Waals surface area contributed by atoms with Crippen molar-refractivity contribution in [1.82, 2.24) is 0 Å². The van der Waals surface area contributed by atoms with E-state index >= 15 is 0 Å². The summed E-state index contributed by atoms with van der Waals surface area (Å²) in [7, 11) is -3.11. The Morgan fingerprint density at radius 1 is 1.52 bits per heavy atom. The fraction of sp³-hybridized carbons (Fsp3) is 0.417. The molecule has 0 saturated carbocycles. The summed E-state index contributed by atoms with van der Waals surface area (Å²) in [6, 6.07) is 6.14. The summed E-state index contributed by atoms with van der Waals surface area (Å²) in [5.41, 5.74) is -0.104. The molecule has 0 aromatic heterocycles. The molecule has 2 aliphatic heterocycles. The van der Waals surface area contributed by atoms with Crippen LogP contribution in [-0.4, -0.2) is 40.0 Å². The Balaban J connectivity index is 2.07. The number of anilines is 1. The molecule has 2 atom stereocenters. The maximum Gasteiger partial charge on any atom is 0.271 e. The average Bonchev–Trinajstić information content (AvgIpc) is 2.72. The van der Waals surface area contributed by atoms with E-state index in [9.17, 15) is 18.5 Å². The fourth-order valence-corrected chi connectivity index (χ4v) is 7.83. The number of rotatable bonds is 2. The van der Waals surface area contributed by atoms with Gasteiger partial charge in [-0.3, -0.25) is 10.1 Å². The third-order valence-electron chi connectivity index (χ3n) is 3.85. The molecule has 21 heavy (non-hydrogen) atoms. The second-order valence-corrected chi connectivity index (χ2v) is 9.34. The zero-order chi connectivity index (χ0) is 15.4. The van der Waals surface area contributed by atoms with Gasteiger partial charge >= 0.3 is 0 Å². The van der Waals surface area contributed by atoms with Gasteiger partial charge in [0.05, 0.1) is 27.2 Å². The normalized spacial score (nSPS) is 30.4. The predicted molar refractivity (Wildman–Crippen MR) is 86.6 cm³/mol. The third-order valence-corrected chi connectivity index (χ3v) is 7.74. The Hall–Kier alpha value is -1.19. The zero-order valence-corrected chi connectivity index (χ0v) is 13.5. The summed E-state index contributed by atoms with van der Waals surface area (Å²) in [5, 5.41) is 10.8. The third kappa shape index (κ3) is 2.33. The van der Waals surface area contributed by atoms with Gasteiger partial charge < -0.3 is 4.90 Å². The second-order valence-electron chi connectivity index (χ2n) is 5.40. The van der Waals surface area contributed by atoms with Gasteiger partial charge in [-0.05, 0) is 13.0 Å². The van der Waals surface area contributed by atoms with E-state index in [1.54, 1.807) is 17.0 Å². The van der Waals surface area contributed by atoms with Crippen LogP contribution >= 0.6 is 24.0 Å². The monoisotopic (exact) mass is 344 g/mol. The molecule has 2 saturated heterocycles. The van der Waals surface area contributed by atoms with Crippen LogP contribution in [0.5, 0.6) is 0 Å². The number of benzene rings is 1. The van der Waals surface area contributed by atoms with Crippen LogP contribution in [0.2, 0.25) is 0 Å². The molecule has 112 valence electrons. The molecule has 1 aromatic carbocycles. The molecule has 2 aliphatic rings. The van der Waals surface area contributed by atoms with Crippen LogP contribution in [0, 0.1) is 10.1 Å². The number of non-ortho nitro benzene ring substituents is 1. The Morgan fingerprint density at radius 3 is 2.90 bits per heavy atom. The minimum atomic E-state index is -3.11. The topological polar surface area (TPSA) is 80.5 Å². The van der Waals surface area contributed by atoms with E-state index in [-0.39, 0.29) is 22.4 Å². The minimum Gasteiger partial charge on any atom is -0.319 e. The van der Waals surface area contributed by atoms with Crippen LogP contribution < -0.4 is 4.90 Å². The lowest BCUT2D eigenvalue weighted by molar-refractivity contribution is -0.384. The predicted octanol–water partition coefficient (Wildman–Crippen LogP) is 1.99. The standard InChI is InChI=1S/C12H12N2O4S3/c1-12-7-21(17,18)6-10(12)20-11(19)13(12)8-3-2-4-9(5-8)14(15)16/h2-5,10H,6-7H2,1H3. The quantitative estimate of drug-likeness (QED) is 0.461. The van der Waals surface area contributed by atoms with Crippen molar-refractivity contribution in [3.63, 3.8) is 0 Å². The van der Waals surface area contributed by atoms with Crippen molar-refractivity contribution in [2.45, 2.75) is 17.7 Å². The van der Waals surface area contributed by atoms with Crippen molar-refractivity contribution in [2.24, 2.45) is 0 Å². The van der Waals surface area contributed by atoms with Gasteiger partial charge in [0, 0.05) is 17.8 Å². The van der Waals surface area contributed by atoms with E-state index in [1.807, 2.05) is 6.92 Å². The van der Waals surface area contributed by atoms with Gasteiger partial charge in [0.2, 0.25) is 0 Å². The average molecular weight is 344 g/mol. The highest BCUT2D eigenvalue weighted by Gasteiger charge is 2.57. The number of sulfone groups is 1. The maximum atomic E-state index is 11.9. The van der Waals surface area contributed by atoms with Crippen LogP contribution in [0.15, 0.2) is 24.3 Å². The van der Waals surface area contributed by atoms with Crippen LogP contribution in [0.1, 0.15) is 6.92 Å². The summed E-state index contributed by atoms with van der Waals surface area (Å²) in [5.74, 6) is 0.111. The Bertz CT molecular complexity index is 749. The van der Waals surface area contributed by atoms with Crippen molar-refractivity contribution in [3.8, 4) is 0 Å². The fourth-order valence-electron chi connectivity index (χ4n) is 2.91. The van der Waals surface area contributed by atoms with Gasteiger partial charge in [0.25, 0.3) is 5.69 Å². The largest absolute Gasteiger partial charge is 0.319 e. The Labute approximate surface area is 131 Å². The lowest BCUT2D eigenvalue weighted by Gasteiger charge is -2.34. The number of nitro benzene ring substituents is 1. The molecule has 6 nitrogen and oxygen atoms in total. The molecule has 0 bridgehead atoms. The van der Waals surface area contributed by atoms with E-state index < -0.39 is 20.3 Å². The molecule has 0 radical (unpaired) electrons. The highest BCUT2D eigenvalue weighted by Crippen LogP contribution is 2.48. The van der Waals surface area contributed by atoms with Crippen LogP contribution in [-0.2, 0) is 9.84 Å². The number of hydrogen-bond acceptors (Lipinski definition) is 6. The first kappa shape index (κ1) is 14.7. The minimum absolute atomic E-state index is 0.0144. The highest BCUT2D eigenvalue weighted by atomic mass is 32.2. The van der Waals surface area contributed by atoms with Gasteiger partial charge in [-0.25, -0.2) is 8.42 Å². The molecular weight excluding hydrogens is 332 g/mol. The lowest BCUT2D eigenvalue weighted by atomic mass is 9.98. The first-order chi connectivity index (χ1) is 9.73. The summed E-state index contributed by atoms with van der Waals surface area (Å²) in [6.07, 6.45) is 0. The van der Waals surface area contributed by atoms with Crippen molar-refractivity contribution < 1.29 is 13.3 Å². The number of nitro groups is 1.